The van der Waals surface area contributed by atoms with Gasteiger partial charge in [0, 0.05) is 31.6 Å². The van der Waals surface area contributed by atoms with Crippen molar-refractivity contribution < 1.29 is 23.8 Å². The summed E-state index contributed by atoms with van der Waals surface area (Å²) in [7, 11) is 1.58. The highest BCUT2D eigenvalue weighted by atomic mass is 19.1. The maximum absolute atomic E-state index is 13.3. The van der Waals surface area contributed by atoms with E-state index in [1.54, 1.807) is 7.11 Å². The second-order valence-electron chi connectivity index (χ2n) is 4.17. The zero-order valence-electron chi connectivity index (χ0n) is 10.9. The molecular weight excluding hydrogens is 265 g/mol. The molecule has 0 saturated heterocycles. The Labute approximate surface area is 115 Å². The number of carboxylic acid groups (broad SMARTS) is 1. The smallest absolute Gasteiger partial charge is 0.354 e. The number of rotatable bonds is 6. The van der Waals surface area contributed by atoms with Gasteiger partial charge in [0.1, 0.15) is 11.6 Å². The molecule has 0 amide bonds. The number of halogens is 1. The van der Waals surface area contributed by atoms with Crippen LogP contribution in [0.5, 0.6) is 5.75 Å². The molecule has 5 nitrogen and oxygen atoms in total. The first-order chi connectivity index (χ1) is 9.61. The van der Waals surface area contributed by atoms with Gasteiger partial charge in [0.2, 0.25) is 0 Å². The van der Waals surface area contributed by atoms with Gasteiger partial charge in [-0.2, -0.15) is 0 Å². The Hall–Kier alpha value is -2.21. The van der Waals surface area contributed by atoms with E-state index < -0.39 is 11.8 Å². The molecule has 0 aliphatic heterocycles. The van der Waals surface area contributed by atoms with E-state index in [0.29, 0.717) is 36.3 Å². The van der Waals surface area contributed by atoms with Crippen molar-refractivity contribution in [3.8, 4) is 5.75 Å². The Kier molecular flexibility index (Phi) is 4.47. The predicted molar refractivity (Wildman–Crippen MR) is 70.6 cm³/mol. The van der Waals surface area contributed by atoms with E-state index in [1.807, 2.05) is 0 Å². The third-order valence-corrected chi connectivity index (χ3v) is 2.70. The van der Waals surface area contributed by atoms with Gasteiger partial charge in [0.25, 0.3) is 0 Å². The van der Waals surface area contributed by atoms with E-state index >= 15 is 0 Å². The van der Waals surface area contributed by atoms with Crippen LogP contribution in [-0.4, -0.2) is 36.4 Å². The monoisotopic (exact) mass is 279 g/mol. The highest BCUT2D eigenvalue weighted by molar-refractivity contribution is 5.93. The van der Waals surface area contributed by atoms with Crippen molar-refractivity contribution in [2.75, 3.05) is 20.3 Å². The van der Waals surface area contributed by atoms with Crippen molar-refractivity contribution in [3.05, 3.63) is 35.8 Å². The van der Waals surface area contributed by atoms with Gasteiger partial charge >= 0.3 is 5.97 Å². The van der Waals surface area contributed by atoms with E-state index in [-0.39, 0.29) is 5.69 Å². The van der Waals surface area contributed by atoms with Gasteiger partial charge in [-0.3, -0.25) is 0 Å². The minimum atomic E-state index is -1.15. The van der Waals surface area contributed by atoms with Crippen LogP contribution in [0.1, 0.15) is 16.9 Å². The summed E-state index contributed by atoms with van der Waals surface area (Å²) in [5.41, 5.74) is 0.249. The molecule has 1 aromatic carbocycles. The normalized spacial score (nSPS) is 10.7. The molecule has 2 rings (SSSR count). The fourth-order valence-corrected chi connectivity index (χ4v) is 1.78. The highest BCUT2D eigenvalue weighted by Crippen LogP contribution is 2.26. The lowest BCUT2D eigenvalue weighted by Gasteiger charge is -2.10. The standard InChI is InChI=1S/C14H14FNO4/c1-19-5-2-6-20-13-8-12(14(17)18)16-11-4-3-9(15)7-10(11)13/h3-4,7-8H,2,5-6H2,1H3,(H,17,18). The number of aromatic carboxylic acids is 1. The Balaban J connectivity index is 2.37. The maximum atomic E-state index is 13.3. The Morgan fingerprint density at radius 2 is 2.15 bits per heavy atom. The number of aromatic nitrogens is 1. The Morgan fingerprint density at radius 3 is 2.85 bits per heavy atom. The lowest BCUT2D eigenvalue weighted by atomic mass is 10.1. The Morgan fingerprint density at radius 1 is 1.35 bits per heavy atom. The molecule has 0 aliphatic rings. The summed E-state index contributed by atoms with van der Waals surface area (Å²) in [5, 5.41) is 9.47. The number of carbonyl (C=O) groups is 1. The lowest BCUT2D eigenvalue weighted by molar-refractivity contribution is 0.0690. The molecule has 0 fully saturated rings. The quantitative estimate of drug-likeness (QED) is 0.823. The summed E-state index contributed by atoms with van der Waals surface area (Å²) in [6.07, 6.45) is 0.651. The van der Waals surface area contributed by atoms with Crippen molar-refractivity contribution in [3.63, 3.8) is 0 Å². The van der Waals surface area contributed by atoms with Crippen molar-refractivity contribution in [2.24, 2.45) is 0 Å². The van der Waals surface area contributed by atoms with Crippen LogP contribution in [-0.2, 0) is 4.74 Å². The van der Waals surface area contributed by atoms with Crippen molar-refractivity contribution >= 4 is 16.9 Å². The maximum Gasteiger partial charge on any atom is 0.354 e. The van der Waals surface area contributed by atoms with Crippen LogP contribution < -0.4 is 4.74 Å². The van der Waals surface area contributed by atoms with Gasteiger partial charge in [-0.1, -0.05) is 0 Å². The second kappa shape index (κ2) is 6.29. The topological polar surface area (TPSA) is 68.7 Å². The summed E-state index contributed by atoms with van der Waals surface area (Å²) in [5.74, 6) is -1.27. The van der Waals surface area contributed by atoms with Crippen molar-refractivity contribution in [2.45, 2.75) is 6.42 Å². The van der Waals surface area contributed by atoms with Crippen molar-refractivity contribution in [1.29, 1.82) is 0 Å². The molecule has 0 spiro atoms. The number of fused-ring (bicyclic) bond motifs is 1. The van der Waals surface area contributed by atoms with Crippen LogP contribution in [0, 0.1) is 5.82 Å². The van der Waals surface area contributed by atoms with Gasteiger partial charge in [-0.15, -0.1) is 0 Å². The average Bonchev–Trinajstić information content (AvgIpc) is 2.43. The molecule has 1 heterocycles. The lowest BCUT2D eigenvalue weighted by Crippen LogP contribution is -2.05. The van der Waals surface area contributed by atoms with Crippen LogP contribution in [0.3, 0.4) is 0 Å². The van der Waals surface area contributed by atoms with E-state index in [1.165, 1.54) is 24.3 Å². The molecule has 0 saturated carbocycles. The molecular formula is C14H14FNO4. The molecule has 0 atom stereocenters. The SMILES string of the molecule is COCCCOc1cc(C(=O)O)nc2ccc(F)cc12. The highest BCUT2D eigenvalue weighted by Gasteiger charge is 2.12. The predicted octanol–water partition coefficient (Wildman–Crippen LogP) is 2.49. The van der Waals surface area contributed by atoms with Crippen LogP contribution >= 0.6 is 0 Å². The van der Waals surface area contributed by atoms with Gasteiger partial charge in [0.15, 0.2) is 5.69 Å². The fraction of sp³-hybridized carbons (Fsp3) is 0.286. The molecule has 2 aromatic rings. The third kappa shape index (κ3) is 3.21. The fourth-order valence-electron chi connectivity index (χ4n) is 1.78. The first-order valence-electron chi connectivity index (χ1n) is 6.07. The average molecular weight is 279 g/mol. The first-order valence-corrected chi connectivity index (χ1v) is 6.07. The zero-order valence-corrected chi connectivity index (χ0v) is 10.9. The van der Waals surface area contributed by atoms with Gasteiger partial charge in [-0.25, -0.2) is 14.2 Å². The number of pyridine rings is 1. The van der Waals surface area contributed by atoms with Crippen LogP contribution in [0.2, 0.25) is 0 Å². The minimum Gasteiger partial charge on any atom is -0.493 e. The Bertz CT molecular complexity index is 630. The van der Waals surface area contributed by atoms with E-state index in [9.17, 15) is 9.18 Å². The van der Waals surface area contributed by atoms with E-state index in [2.05, 4.69) is 4.98 Å². The van der Waals surface area contributed by atoms with Crippen LogP contribution in [0.4, 0.5) is 4.39 Å². The molecule has 106 valence electrons. The third-order valence-electron chi connectivity index (χ3n) is 2.70. The second-order valence-corrected chi connectivity index (χ2v) is 4.17. The molecule has 1 N–H and O–H groups in total. The number of hydrogen-bond donors (Lipinski definition) is 1. The number of methoxy groups -OCH3 is 1. The summed E-state index contributed by atoms with van der Waals surface area (Å²) >= 11 is 0. The molecule has 0 unspecified atom stereocenters. The summed E-state index contributed by atoms with van der Waals surface area (Å²) in [6.45, 7) is 0.881. The number of hydrogen-bond acceptors (Lipinski definition) is 4. The molecule has 0 radical (unpaired) electrons. The van der Waals surface area contributed by atoms with Crippen LogP contribution in [0.25, 0.3) is 10.9 Å². The molecule has 0 bridgehead atoms. The zero-order chi connectivity index (χ0) is 14.5. The number of nitrogens with zero attached hydrogens (tertiary/aromatic N) is 1. The first kappa shape index (κ1) is 14.2. The van der Waals surface area contributed by atoms with Gasteiger partial charge < -0.3 is 14.6 Å². The van der Waals surface area contributed by atoms with Crippen molar-refractivity contribution in [1.82, 2.24) is 4.98 Å². The summed E-state index contributed by atoms with van der Waals surface area (Å²) < 4.78 is 23.7. The van der Waals surface area contributed by atoms with E-state index in [0.717, 1.165) is 0 Å². The molecule has 1 aromatic heterocycles. The molecule has 20 heavy (non-hydrogen) atoms. The number of benzene rings is 1. The summed E-state index contributed by atoms with van der Waals surface area (Å²) in [6, 6.07) is 5.24. The van der Waals surface area contributed by atoms with Crippen LogP contribution in [0.15, 0.2) is 24.3 Å². The number of ether oxygens (including phenoxy) is 2. The molecule has 6 heteroatoms. The van der Waals surface area contributed by atoms with Gasteiger partial charge in [-0.05, 0) is 18.2 Å². The summed E-state index contributed by atoms with van der Waals surface area (Å²) in [4.78, 5) is 15.0. The minimum absolute atomic E-state index is 0.133. The number of carboxylic acids is 1. The largest absolute Gasteiger partial charge is 0.493 e. The molecule has 0 aliphatic carbocycles. The van der Waals surface area contributed by atoms with E-state index in [4.69, 9.17) is 14.6 Å². The van der Waals surface area contributed by atoms with Gasteiger partial charge in [0.05, 0.1) is 12.1 Å².